The molecule has 176 valence electrons. The molecule has 33 heavy (non-hydrogen) atoms. The van der Waals surface area contributed by atoms with Gasteiger partial charge in [-0.1, -0.05) is 106 Å². The largest absolute Gasteiger partial charge is 0.492 e. The molecule has 0 unspecified atom stereocenters. The Kier molecular flexibility index (Phi) is 12.1. The number of rotatable bonds is 11. The lowest BCUT2D eigenvalue weighted by molar-refractivity contribution is 0.314. The van der Waals surface area contributed by atoms with E-state index in [4.69, 9.17) is 4.74 Å². The summed E-state index contributed by atoms with van der Waals surface area (Å²) in [6.07, 6.45) is 3.40. The fourth-order valence-corrected chi connectivity index (χ4v) is 3.79. The number of hydrogen-bond donors (Lipinski definition) is 1. The van der Waals surface area contributed by atoms with Crippen LogP contribution in [-0.4, -0.2) is 19.7 Å². The van der Waals surface area contributed by atoms with E-state index >= 15 is 0 Å². The topological polar surface area (TPSA) is 21.3 Å². The lowest BCUT2D eigenvalue weighted by Crippen LogP contribution is -2.21. The molecule has 0 fully saturated rings. The number of unbranched alkanes of at least 4 members (excludes halogenated alkanes) is 1. The van der Waals surface area contributed by atoms with E-state index in [1.54, 1.807) is 0 Å². The van der Waals surface area contributed by atoms with E-state index in [1.165, 1.54) is 46.2 Å². The molecule has 3 rings (SSSR count). The molecule has 0 aliphatic heterocycles. The molecule has 0 bridgehead atoms. The van der Waals surface area contributed by atoms with E-state index in [0.29, 0.717) is 6.61 Å². The molecule has 0 radical (unpaired) electrons. The fourth-order valence-electron chi connectivity index (χ4n) is 3.79. The third-order valence-corrected chi connectivity index (χ3v) is 5.52. The third-order valence-electron chi connectivity index (χ3n) is 5.52. The standard InChI is InChI=1S/C29H35NO.C2H6/c1-4-6-20-30-21-22-31-27-18-16-26(17-19-27)29(25-14-12-23(3)13-15-25)28(5-2)24-10-8-7-9-11-24;1-2/h7-19,30H,4-6,20-22H2,1-3H3;1-2H3/b29-28-;. The summed E-state index contributed by atoms with van der Waals surface area (Å²) in [5.74, 6) is 0.919. The Balaban J connectivity index is 0.00000187. The second-order valence-electron chi connectivity index (χ2n) is 7.92. The molecule has 2 nitrogen and oxygen atoms in total. The molecule has 2 heteroatoms. The minimum Gasteiger partial charge on any atom is -0.492 e. The quantitative estimate of drug-likeness (QED) is 0.238. The highest BCUT2D eigenvalue weighted by Crippen LogP contribution is 2.35. The van der Waals surface area contributed by atoms with Crippen LogP contribution in [0.15, 0.2) is 78.9 Å². The lowest BCUT2D eigenvalue weighted by Gasteiger charge is -2.17. The second kappa shape index (κ2) is 15.1. The van der Waals surface area contributed by atoms with Crippen molar-refractivity contribution in [3.63, 3.8) is 0 Å². The summed E-state index contributed by atoms with van der Waals surface area (Å²) in [6, 6.07) is 28.1. The second-order valence-corrected chi connectivity index (χ2v) is 7.92. The average Bonchev–Trinajstić information content (AvgIpc) is 2.87. The van der Waals surface area contributed by atoms with Gasteiger partial charge in [-0.15, -0.1) is 0 Å². The van der Waals surface area contributed by atoms with Crippen LogP contribution < -0.4 is 10.1 Å². The zero-order chi connectivity index (χ0) is 23.9. The minimum absolute atomic E-state index is 0.688. The molecule has 0 aliphatic rings. The van der Waals surface area contributed by atoms with E-state index in [-0.39, 0.29) is 0 Å². The summed E-state index contributed by atoms with van der Waals surface area (Å²) in [5.41, 5.74) is 7.68. The van der Waals surface area contributed by atoms with Crippen molar-refractivity contribution in [2.75, 3.05) is 19.7 Å². The molecule has 1 N–H and O–H groups in total. The van der Waals surface area contributed by atoms with Crippen LogP contribution >= 0.6 is 0 Å². The first-order chi connectivity index (χ1) is 16.2. The zero-order valence-corrected chi connectivity index (χ0v) is 21.2. The van der Waals surface area contributed by atoms with Crippen molar-refractivity contribution < 1.29 is 4.74 Å². The third kappa shape index (κ3) is 8.22. The van der Waals surface area contributed by atoms with Crippen LogP contribution in [0.1, 0.15) is 69.2 Å². The van der Waals surface area contributed by atoms with Gasteiger partial charge in [-0.3, -0.25) is 0 Å². The van der Waals surface area contributed by atoms with Gasteiger partial charge in [0.05, 0.1) is 0 Å². The first kappa shape index (κ1) is 26.4. The Bertz CT molecular complexity index is 940. The van der Waals surface area contributed by atoms with Crippen LogP contribution in [0.4, 0.5) is 0 Å². The first-order valence-electron chi connectivity index (χ1n) is 12.5. The molecular formula is C31H41NO. The van der Waals surface area contributed by atoms with Gasteiger partial charge in [0, 0.05) is 6.54 Å². The number of nitrogens with one attached hydrogen (secondary N) is 1. The van der Waals surface area contributed by atoms with Crippen molar-refractivity contribution in [2.45, 2.75) is 53.9 Å². The molecule has 0 heterocycles. The number of aryl methyl sites for hydroxylation is 1. The molecule has 0 amide bonds. The summed E-state index contributed by atoms with van der Waals surface area (Å²) in [6.45, 7) is 13.2. The maximum Gasteiger partial charge on any atom is 0.119 e. The van der Waals surface area contributed by atoms with Crippen LogP contribution in [0, 0.1) is 6.92 Å². The highest BCUT2D eigenvalue weighted by Gasteiger charge is 2.13. The molecule has 0 saturated carbocycles. The van der Waals surface area contributed by atoms with E-state index in [2.05, 4.69) is 105 Å². The van der Waals surface area contributed by atoms with E-state index in [1.807, 2.05) is 13.8 Å². The lowest BCUT2D eigenvalue weighted by atomic mass is 9.88. The van der Waals surface area contributed by atoms with Crippen LogP contribution in [0.2, 0.25) is 0 Å². The highest BCUT2D eigenvalue weighted by atomic mass is 16.5. The predicted octanol–water partition coefficient (Wildman–Crippen LogP) is 8.16. The molecule has 0 aliphatic carbocycles. The van der Waals surface area contributed by atoms with Crippen LogP contribution in [0.5, 0.6) is 5.75 Å². The van der Waals surface area contributed by atoms with Crippen molar-refractivity contribution >= 4 is 11.1 Å². The van der Waals surface area contributed by atoms with Gasteiger partial charge < -0.3 is 10.1 Å². The molecule has 0 atom stereocenters. The Morgan fingerprint density at radius 1 is 0.727 bits per heavy atom. The van der Waals surface area contributed by atoms with Gasteiger partial charge in [0.15, 0.2) is 0 Å². The monoisotopic (exact) mass is 443 g/mol. The maximum atomic E-state index is 5.94. The maximum absolute atomic E-state index is 5.94. The zero-order valence-electron chi connectivity index (χ0n) is 21.2. The summed E-state index contributed by atoms with van der Waals surface area (Å²) in [4.78, 5) is 0. The van der Waals surface area contributed by atoms with Crippen molar-refractivity contribution in [2.24, 2.45) is 0 Å². The van der Waals surface area contributed by atoms with Crippen molar-refractivity contribution in [3.8, 4) is 5.75 Å². The summed E-state index contributed by atoms with van der Waals surface area (Å²) >= 11 is 0. The van der Waals surface area contributed by atoms with Gasteiger partial charge in [-0.05, 0) is 66.3 Å². The summed E-state index contributed by atoms with van der Waals surface area (Å²) in [7, 11) is 0. The van der Waals surface area contributed by atoms with Crippen molar-refractivity contribution in [3.05, 3.63) is 101 Å². The number of allylic oxidation sites excluding steroid dienone is 1. The van der Waals surface area contributed by atoms with Gasteiger partial charge >= 0.3 is 0 Å². The number of hydrogen-bond acceptors (Lipinski definition) is 2. The number of benzene rings is 3. The number of ether oxygens (including phenoxy) is 1. The summed E-state index contributed by atoms with van der Waals surface area (Å²) in [5, 5.41) is 3.42. The van der Waals surface area contributed by atoms with Gasteiger partial charge in [-0.25, -0.2) is 0 Å². The normalized spacial score (nSPS) is 11.3. The molecule has 3 aromatic carbocycles. The Morgan fingerprint density at radius 3 is 1.91 bits per heavy atom. The van der Waals surface area contributed by atoms with E-state index in [0.717, 1.165) is 25.3 Å². The van der Waals surface area contributed by atoms with Gasteiger partial charge in [0.2, 0.25) is 0 Å². The SMILES string of the molecule is CC.CCCCNCCOc1ccc(/C(=C(/CC)c2ccccc2)c2ccc(C)cc2)cc1. The van der Waals surface area contributed by atoms with E-state index in [9.17, 15) is 0 Å². The van der Waals surface area contributed by atoms with Crippen LogP contribution in [0.3, 0.4) is 0 Å². The van der Waals surface area contributed by atoms with Crippen LogP contribution in [0.25, 0.3) is 11.1 Å². The van der Waals surface area contributed by atoms with Gasteiger partial charge in [-0.2, -0.15) is 0 Å². The van der Waals surface area contributed by atoms with Crippen LogP contribution in [-0.2, 0) is 0 Å². The molecular weight excluding hydrogens is 402 g/mol. The molecule has 0 aromatic heterocycles. The van der Waals surface area contributed by atoms with Gasteiger partial charge in [0.1, 0.15) is 12.4 Å². The van der Waals surface area contributed by atoms with Crippen molar-refractivity contribution in [1.82, 2.24) is 5.32 Å². The Labute approximate surface area is 201 Å². The molecule has 3 aromatic rings. The molecule has 0 spiro atoms. The first-order valence-corrected chi connectivity index (χ1v) is 12.5. The highest BCUT2D eigenvalue weighted by molar-refractivity contribution is 5.98. The van der Waals surface area contributed by atoms with Crippen molar-refractivity contribution in [1.29, 1.82) is 0 Å². The fraction of sp³-hybridized carbons (Fsp3) is 0.355. The smallest absolute Gasteiger partial charge is 0.119 e. The minimum atomic E-state index is 0.688. The molecule has 0 saturated heterocycles. The van der Waals surface area contributed by atoms with E-state index < -0.39 is 0 Å². The Morgan fingerprint density at radius 2 is 1.33 bits per heavy atom. The Hall–Kier alpha value is -2.84. The average molecular weight is 444 g/mol. The predicted molar refractivity (Wildman–Crippen MR) is 145 cm³/mol. The summed E-state index contributed by atoms with van der Waals surface area (Å²) < 4.78 is 5.94. The van der Waals surface area contributed by atoms with Gasteiger partial charge in [0.25, 0.3) is 0 Å².